The zero-order valence-corrected chi connectivity index (χ0v) is 13.3. The molecule has 0 bridgehead atoms. The number of carbonyl (C=O) groups excluding carboxylic acids is 1. The van der Waals surface area contributed by atoms with Gasteiger partial charge in [-0.2, -0.15) is 13.2 Å². The number of likely N-dealkylation sites (N-methyl/N-ethyl adjacent to an activating group) is 1. The second-order valence-corrected chi connectivity index (χ2v) is 5.84. The monoisotopic (exact) mass is 345 g/mol. The Labute approximate surface area is 137 Å². The Kier molecular flexibility index (Phi) is 5.12. The maximum absolute atomic E-state index is 12.5. The van der Waals surface area contributed by atoms with E-state index in [9.17, 15) is 28.1 Å². The Bertz CT molecular complexity index is 636. The Morgan fingerprint density at radius 3 is 2.62 bits per heavy atom. The van der Waals surface area contributed by atoms with E-state index in [4.69, 9.17) is 0 Å². The van der Waals surface area contributed by atoms with Crippen LogP contribution < -0.4 is 0 Å². The zero-order chi connectivity index (χ0) is 18.1. The first-order valence-corrected chi connectivity index (χ1v) is 7.42. The van der Waals surface area contributed by atoms with Crippen molar-refractivity contribution in [3.63, 3.8) is 0 Å². The van der Waals surface area contributed by atoms with E-state index in [2.05, 4.69) is 0 Å². The van der Waals surface area contributed by atoms with Crippen LogP contribution in [0, 0.1) is 10.1 Å². The molecule has 0 N–H and O–H groups in total. The molecule has 0 aromatic heterocycles. The fourth-order valence-electron chi connectivity index (χ4n) is 2.97. The molecule has 1 aromatic rings. The van der Waals surface area contributed by atoms with E-state index in [1.54, 1.807) is 37.1 Å². The van der Waals surface area contributed by atoms with Gasteiger partial charge in [0.25, 0.3) is 5.69 Å². The quantitative estimate of drug-likeness (QED) is 0.608. The predicted molar refractivity (Wildman–Crippen MR) is 80.3 cm³/mol. The van der Waals surface area contributed by atoms with Crippen LogP contribution in [0.5, 0.6) is 0 Å². The lowest BCUT2D eigenvalue weighted by atomic mass is 10.0. The fourth-order valence-corrected chi connectivity index (χ4v) is 2.97. The number of rotatable bonds is 5. The van der Waals surface area contributed by atoms with Gasteiger partial charge >= 0.3 is 6.18 Å². The normalized spacial score (nSPS) is 19.8. The number of amides is 1. The third kappa shape index (κ3) is 3.84. The highest BCUT2D eigenvalue weighted by Crippen LogP contribution is 2.32. The summed E-state index contributed by atoms with van der Waals surface area (Å²) in [6.07, 6.45) is -4.18. The van der Waals surface area contributed by atoms with Crippen LogP contribution >= 0.6 is 0 Å². The van der Waals surface area contributed by atoms with Crippen LogP contribution in [-0.4, -0.2) is 53.0 Å². The van der Waals surface area contributed by atoms with Crippen molar-refractivity contribution in [3.8, 4) is 0 Å². The molecule has 1 aliphatic heterocycles. The molecule has 24 heavy (non-hydrogen) atoms. The predicted octanol–water partition coefficient (Wildman–Crippen LogP) is 2.75. The lowest BCUT2D eigenvalue weighted by molar-refractivity contribution is -0.386. The van der Waals surface area contributed by atoms with Gasteiger partial charge in [0, 0.05) is 24.2 Å². The minimum Gasteiger partial charge on any atom is -0.332 e. The molecule has 0 aliphatic carbocycles. The van der Waals surface area contributed by atoms with Crippen LogP contribution in [0.25, 0.3) is 0 Å². The molecule has 0 radical (unpaired) electrons. The number of hydrogen-bond acceptors (Lipinski definition) is 4. The number of carbonyl (C=O) groups is 1. The smallest absolute Gasteiger partial charge is 0.332 e. The van der Waals surface area contributed by atoms with E-state index in [1.807, 2.05) is 0 Å². The number of alkyl halides is 3. The molecule has 1 fully saturated rings. The van der Waals surface area contributed by atoms with E-state index in [1.165, 1.54) is 6.07 Å². The van der Waals surface area contributed by atoms with Crippen molar-refractivity contribution in [1.29, 1.82) is 0 Å². The molecule has 0 saturated carbocycles. The number of hydrogen-bond donors (Lipinski definition) is 0. The molecule has 132 valence electrons. The topological polar surface area (TPSA) is 66.7 Å². The molecular weight excluding hydrogens is 327 g/mol. The van der Waals surface area contributed by atoms with E-state index in [-0.39, 0.29) is 18.7 Å². The standard InChI is InChI=1S/C15H18F3N3O3/c1-10(11-5-3-4-6-12(11)21(23)24)19(2)13-7-8-20(14(13)22)9-15(16,17)18/h3-6,10,13H,7-9H2,1-2H3/t10-,13+/m0/s1. The molecule has 0 spiro atoms. The Morgan fingerprint density at radius 1 is 1.42 bits per heavy atom. The molecule has 1 amide bonds. The van der Waals surface area contributed by atoms with E-state index in [0.717, 1.165) is 4.90 Å². The molecular formula is C15H18F3N3O3. The molecule has 1 aliphatic rings. The molecule has 1 aromatic carbocycles. The first kappa shape index (κ1) is 18.2. The third-order valence-electron chi connectivity index (χ3n) is 4.33. The minimum absolute atomic E-state index is 0.0248. The summed E-state index contributed by atoms with van der Waals surface area (Å²) >= 11 is 0. The summed E-state index contributed by atoms with van der Waals surface area (Å²) in [6, 6.07) is 4.95. The van der Waals surface area contributed by atoms with Gasteiger partial charge in [-0.05, 0) is 20.4 Å². The van der Waals surface area contributed by atoms with Crippen LogP contribution in [0.2, 0.25) is 0 Å². The second kappa shape index (κ2) is 6.76. The SMILES string of the molecule is C[C@@H](c1ccccc1[N+](=O)[O-])N(C)[C@@H]1CCN(CC(F)(F)F)C1=O. The summed E-state index contributed by atoms with van der Waals surface area (Å²) in [5, 5.41) is 11.1. The van der Waals surface area contributed by atoms with Gasteiger partial charge in [0.15, 0.2) is 0 Å². The average molecular weight is 345 g/mol. The van der Waals surface area contributed by atoms with Crippen molar-refractivity contribution < 1.29 is 22.9 Å². The van der Waals surface area contributed by atoms with Crippen molar-refractivity contribution in [3.05, 3.63) is 39.9 Å². The fraction of sp³-hybridized carbons (Fsp3) is 0.533. The molecule has 6 nitrogen and oxygen atoms in total. The highest BCUT2D eigenvalue weighted by Gasteiger charge is 2.42. The Morgan fingerprint density at radius 2 is 2.04 bits per heavy atom. The van der Waals surface area contributed by atoms with Crippen molar-refractivity contribution >= 4 is 11.6 Å². The van der Waals surface area contributed by atoms with Gasteiger partial charge < -0.3 is 4.90 Å². The minimum atomic E-state index is -4.44. The molecule has 2 rings (SSSR count). The second-order valence-electron chi connectivity index (χ2n) is 5.84. The first-order chi connectivity index (χ1) is 11.1. The van der Waals surface area contributed by atoms with E-state index >= 15 is 0 Å². The number of nitro groups is 1. The molecule has 1 heterocycles. The largest absolute Gasteiger partial charge is 0.406 e. The molecule has 9 heteroatoms. The van der Waals surface area contributed by atoms with Crippen molar-refractivity contribution in [2.45, 2.75) is 31.6 Å². The average Bonchev–Trinajstić information content (AvgIpc) is 2.85. The summed E-state index contributed by atoms with van der Waals surface area (Å²) in [7, 11) is 1.60. The van der Waals surface area contributed by atoms with Gasteiger partial charge in [0.1, 0.15) is 6.54 Å². The van der Waals surface area contributed by atoms with Gasteiger partial charge in [-0.1, -0.05) is 18.2 Å². The van der Waals surface area contributed by atoms with Crippen molar-refractivity contribution in [2.24, 2.45) is 0 Å². The maximum Gasteiger partial charge on any atom is 0.406 e. The van der Waals surface area contributed by atoms with Gasteiger partial charge in [0.2, 0.25) is 5.91 Å². The van der Waals surface area contributed by atoms with E-state index in [0.29, 0.717) is 5.56 Å². The van der Waals surface area contributed by atoms with Crippen LogP contribution in [0.3, 0.4) is 0 Å². The van der Waals surface area contributed by atoms with Crippen molar-refractivity contribution in [1.82, 2.24) is 9.80 Å². The summed E-state index contributed by atoms with van der Waals surface area (Å²) in [4.78, 5) is 25.2. The van der Waals surface area contributed by atoms with Gasteiger partial charge in [0.05, 0.1) is 11.0 Å². The van der Waals surface area contributed by atoms with E-state index < -0.39 is 35.6 Å². The highest BCUT2D eigenvalue weighted by atomic mass is 19.4. The van der Waals surface area contributed by atoms with Gasteiger partial charge in [-0.3, -0.25) is 19.8 Å². The molecule has 2 atom stereocenters. The van der Waals surface area contributed by atoms with Crippen LogP contribution in [0.1, 0.15) is 24.9 Å². The Hall–Kier alpha value is -2.16. The number of likely N-dealkylation sites (tertiary alicyclic amines) is 1. The highest BCUT2D eigenvalue weighted by molar-refractivity contribution is 5.84. The number of para-hydroxylation sites is 1. The van der Waals surface area contributed by atoms with Crippen LogP contribution in [-0.2, 0) is 4.79 Å². The molecule has 0 unspecified atom stereocenters. The summed E-state index contributed by atoms with van der Waals surface area (Å²) in [6.45, 7) is 0.453. The van der Waals surface area contributed by atoms with Crippen LogP contribution in [0.15, 0.2) is 24.3 Å². The lowest BCUT2D eigenvalue weighted by Gasteiger charge is -2.29. The van der Waals surface area contributed by atoms with Gasteiger partial charge in [-0.15, -0.1) is 0 Å². The zero-order valence-electron chi connectivity index (χ0n) is 13.3. The number of benzene rings is 1. The summed E-state index contributed by atoms with van der Waals surface area (Å²) < 4.78 is 37.5. The first-order valence-electron chi connectivity index (χ1n) is 7.42. The number of halogens is 3. The summed E-state index contributed by atoms with van der Waals surface area (Å²) in [5.41, 5.74) is 0.349. The number of nitro benzene ring substituents is 1. The van der Waals surface area contributed by atoms with Gasteiger partial charge in [-0.25, -0.2) is 0 Å². The Balaban J connectivity index is 2.16. The maximum atomic E-state index is 12.5. The lowest BCUT2D eigenvalue weighted by Crippen LogP contribution is -2.43. The van der Waals surface area contributed by atoms with Crippen LogP contribution in [0.4, 0.5) is 18.9 Å². The number of nitrogens with zero attached hydrogens (tertiary/aromatic N) is 3. The van der Waals surface area contributed by atoms with Crippen molar-refractivity contribution in [2.75, 3.05) is 20.1 Å². The molecule has 1 saturated heterocycles. The third-order valence-corrected chi connectivity index (χ3v) is 4.33. The summed E-state index contributed by atoms with van der Waals surface area (Å²) in [5.74, 6) is -0.597.